The lowest BCUT2D eigenvalue weighted by Gasteiger charge is -2.19. The molecule has 0 bridgehead atoms. The van der Waals surface area contributed by atoms with Crippen molar-refractivity contribution in [3.05, 3.63) is 21.8 Å². The molecule has 0 saturated carbocycles. The molecule has 0 spiro atoms. The van der Waals surface area contributed by atoms with Crippen LogP contribution in [0.25, 0.3) is 0 Å². The van der Waals surface area contributed by atoms with Gasteiger partial charge in [0.05, 0.1) is 9.26 Å². The van der Waals surface area contributed by atoms with Crippen LogP contribution in [0.5, 0.6) is 0 Å². The number of benzene rings is 1. The number of rotatable bonds is 2. The number of nitrogens with zero attached hydrogens (tertiary/aromatic N) is 1. The summed E-state index contributed by atoms with van der Waals surface area (Å²) in [5, 5.41) is 0.641. The van der Waals surface area contributed by atoms with Gasteiger partial charge in [0.2, 0.25) is 0 Å². The van der Waals surface area contributed by atoms with Crippen LogP contribution < -0.4 is 22.1 Å². The van der Waals surface area contributed by atoms with Crippen LogP contribution in [0.1, 0.15) is 0 Å². The van der Waals surface area contributed by atoms with Crippen molar-refractivity contribution in [3.8, 4) is 0 Å². The van der Waals surface area contributed by atoms with E-state index in [-0.39, 0.29) is 25.9 Å². The number of carbonyl (C=O) groups excluding carboxylic acids is 1. The Morgan fingerprint density at radius 3 is 2.56 bits per heavy atom. The van der Waals surface area contributed by atoms with Crippen LogP contribution in [-0.2, 0) is 0 Å². The summed E-state index contributed by atoms with van der Waals surface area (Å²) < 4.78 is 37.1. The number of amides is 2. The molecule has 0 aliphatic rings. The highest BCUT2D eigenvalue weighted by Crippen LogP contribution is 2.41. The molecule has 0 unspecified atom stereocenters. The summed E-state index contributed by atoms with van der Waals surface area (Å²) in [6, 6.07) is 3.24. The van der Waals surface area contributed by atoms with Gasteiger partial charge in [-0.15, -0.1) is 0 Å². The average molecular weight is 392 g/mol. The Kier molecular flexibility index (Phi) is 5.07. The molecule has 1 aromatic carbocycles. The third kappa shape index (κ3) is 3.90. The monoisotopic (exact) mass is 392 g/mol. The van der Waals surface area contributed by atoms with Crippen LogP contribution in [0.3, 0.4) is 0 Å². The minimum Gasteiger partial charge on any atom is -0.274 e. The summed E-state index contributed by atoms with van der Waals surface area (Å²) >= 11 is 1.41. The maximum atomic E-state index is 12.3. The quantitative estimate of drug-likeness (QED) is 0.237. The molecule has 18 heavy (non-hydrogen) atoms. The van der Waals surface area contributed by atoms with Crippen LogP contribution in [-0.4, -0.2) is 11.5 Å². The molecule has 1 aromatic rings. The van der Waals surface area contributed by atoms with Gasteiger partial charge in [0.15, 0.2) is 0 Å². The van der Waals surface area contributed by atoms with Gasteiger partial charge in [-0.25, -0.2) is 21.5 Å². The number of thioether (sulfide) groups is 1. The molecule has 0 fully saturated rings. The number of carbonyl (C=O) groups is 1. The van der Waals surface area contributed by atoms with Crippen molar-refractivity contribution >= 4 is 46.1 Å². The zero-order chi connectivity index (χ0) is 13.9. The lowest BCUT2D eigenvalue weighted by Crippen LogP contribution is -2.48. The molecule has 0 heterocycles. The summed E-state index contributed by atoms with van der Waals surface area (Å²) in [7, 11) is 0. The first-order valence-electron chi connectivity index (χ1n) is 4.36. The van der Waals surface area contributed by atoms with E-state index in [1.54, 1.807) is 28.0 Å². The van der Waals surface area contributed by atoms with Crippen LogP contribution >= 0.6 is 34.4 Å². The molecule has 100 valence electrons. The van der Waals surface area contributed by atoms with E-state index in [9.17, 15) is 18.0 Å². The van der Waals surface area contributed by atoms with Crippen molar-refractivity contribution < 1.29 is 18.0 Å². The summed E-state index contributed by atoms with van der Waals surface area (Å²) in [5.74, 6) is 10.3. The molecule has 0 aliphatic carbocycles. The summed E-state index contributed by atoms with van der Waals surface area (Å²) in [6.07, 6.45) is 0. The smallest absolute Gasteiger partial charge is 0.274 e. The van der Waals surface area contributed by atoms with Gasteiger partial charge in [-0.2, -0.15) is 13.2 Å². The number of hydrazine groups is 2. The third-order valence-corrected chi connectivity index (χ3v) is 4.06. The van der Waals surface area contributed by atoms with Crippen LogP contribution in [0.15, 0.2) is 23.1 Å². The molecule has 0 aliphatic heterocycles. The third-order valence-electron chi connectivity index (χ3n) is 1.77. The van der Waals surface area contributed by atoms with E-state index in [0.717, 1.165) is 0 Å². The number of halogens is 4. The van der Waals surface area contributed by atoms with Gasteiger partial charge >= 0.3 is 11.5 Å². The second-order valence-electron chi connectivity index (χ2n) is 2.96. The molecule has 0 radical (unpaired) electrons. The second kappa shape index (κ2) is 5.95. The summed E-state index contributed by atoms with van der Waals surface area (Å²) in [4.78, 5) is 11.2. The van der Waals surface area contributed by atoms with E-state index in [1.165, 1.54) is 18.2 Å². The molecule has 1 rings (SSSR count). The molecular formula is C8H8F3IN4OS. The van der Waals surface area contributed by atoms with Crippen LogP contribution in [0.4, 0.5) is 23.7 Å². The van der Waals surface area contributed by atoms with Gasteiger partial charge in [0.1, 0.15) is 0 Å². The van der Waals surface area contributed by atoms with Gasteiger partial charge < -0.3 is 0 Å². The number of anilines is 1. The molecule has 2 amide bonds. The van der Waals surface area contributed by atoms with Crippen LogP contribution in [0.2, 0.25) is 0 Å². The Labute approximate surface area is 118 Å². The van der Waals surface area contributed by atoms with Gasteiger partial charge in [-0.05, 0) is 46.5 Å². The topological polar surface area (TPSA) is 84.4 Å². The largest absolute Gasteiger partial charge is 0.446 e. The molecule has 0 saturated heterocycles. The predicted molar refractivity (Wildman–Crippen MR) is 70.5 cm³/mol. The maximum Gasteiger partial charge on any atom is 0.446 e. The van der Waals surface area contributed by atoms with Gasteiger partial charge in [0.25, 0.3) is 0 Å². The zero-order valence-electron chi connectivity index (χ0n) is 8.66. The van der Waals surface area contributed by atoms with Crippen LogP contribution in [0, 0.1) is 3.57 Å². The highest BCUT2D eigenvalue weighted by Gasteiger charge is 2.31. The Bertz CT molecular complexity index is 456. The number of nitrogens with two attached hydrogens (primary N) is 2. The average Bonchev–Trinajstić information content (AvgIpc) is 2.28. The fraction of sp³-hybridized carbons (Fsp3) is 0.125. The number of hydrogen-bond acceptors (Lipinski definition) is 4. The van der Waals surface area contributed by atoms with E-state index in [4.69, 9.17) is 11.7 Å². The Balaban J connectivity index is 3.09. The molecule has 0 aromatic heterocycles. The first kappa shape index (κ1) is 15.3. The summed E-state index contributed by atoms with van der Waals surface area (Å²) in [5.41, 5.74) is -2.49. The van der Waals surface area contributed by atoms with E-state index in [2.05, 4.69) is 0 Å². The molecule has 5 N–H and O–H groups in total. The standard InChI is InChI=1S/C8H8F3IN4OS/c9-8(10,11)18-5-3-1-2-4(6(5)12)16(14)7(17)15-13/h1-3H,13-14H2,(H,15,17). The summed E-state index contributed by atoms with van der Waals surface area (Å²) in [6.45, 7) is 0. The van der Waals surface area contributed by atoms with Crippen molar-refractivity contribution in [1.82, 2.24) is 5.43 Å². The lowest BCUT2D eigenvalue weighted by atomic mass is 10.3. The molecule has 10 heteroatoms. The first-order valence-corrected chi connectivity index (χ1v) is 6.25. The first-order chi connectivity index (χ1) is 8.26. The number of alkyl halides is 3. The minimum atomic E-state index is -4.41. The number of hydrogen-bond donors (Lipinski definition) is 3. The SMILES string of the molecule is NNC(=O)N(N)c1cccc(SC(F)(F)F)c1I. The predicted octanol–water partition coefficient (Wildman–Crippen LogP) is 2.17. The second-order valence-corrected chi connectivity index (χ2v) is 5.14. The van der Waals surface area contributed by atoms with Gasteiger partial charge in [-0.1, -0.05) is 6.07 Å². The Hall–Kier alpha value is -0.720. The van der Waals surface area contributed by atoms with E-state index in [0.29, 0.717) is 5.01 Å². The highest BCUT2D eigenvalue weighted by molar-refractivity contribution is 14.1. The molecule has 0 atom stereocenters. The number of urea groups is 1. The van der Waals surface area contributed by atoms with E-state index in [1.807, 2.05) is 0 Å². The Morgan fingerprint density at radius 1 is 1.44 bits per heavy atom. The number of nitrogens with one attached hydrogen (secondary N) is 1. The lowest BCUT2D eigenvalue weighted by molar-refractivity contribution is -0.0328. The van der Waals surface area contributed by atoms with Gasteiger partial charge in [0, 0.05) is 4.90 Å². The minimum absolute atomic E-state index is 0.0409. The van der Waals surface area contributed by atoms with E-state index < -0.39 is 11.5 Å². The van der Waals surface area contributed by atoms with Crippen molar-refractivity contribution in [2.24, 2.45) is 11.7 Å². The fourth-order valence-electron chi connectivity index (χ4n) is 1.07. The maximum absolute atomic E-state index is 12.3. The fourth-order valence-corrected chi connectivity index (χ4v) is 2.61. The Morgan fingerprint density at radius 2 is 2.06 bits per heavy atom. The molecule has 5 nitrogen and oxygen atoms in total. The van der Waals surface area contributed by atoms with Crippen molar-refractivity contribution in [1.29, 1.82) is 0 Å². The zero-order valence-corrected chi connectivity index (χ0v) is 11.6. The van der Waals surface area contributed by atoms with Crippen molar-refractivity contribution in [2.75, 3.05) is 5.01 Å². The van der Waals surface area contributed by atoms with Crippen molar-refractivity contribution in [2.45, 2.75) is 10.4 Å². The normalized spacial score (nSPS) is 11.2. The molecular weight excluding hydrogens is 384 g/mol. The van der Waals surface area contributed by atoms with E-state index >= 15 is 0 Å². The highest BCUT2D eigenvalue weighted by atomic mass is 127. The van der Waals surface area contributed by atoms with Gasteiger partial charge in [-0.3, -0.25) is 5.43 Å². The van der Waals surface area contributed by atoms with Crippen molar-refractivity contribution in [3.63, 3.8) is 0 Å².